The second-order valence-electron chi connectivity index (χ2n) is 5.87. The minimum atomic E-state index is -0.368. The second kappa shape index (κ2) is 5.17. The van der Waals surface area contributed by atoms with Crippen molar-refractivity contribution >= 4 is 16.5 Å². The molecule has 0 amide bonds. The van der Waals surface area contributed by atoms with E-state index in [1.54, 1.807) is 13.2 Å². The summed E-state index contributed by atoms with van der Waals surface area (Å²) in [5, 5.41) is 3.51. The zero-order valence-electron chi connectivity index (χ0n) is 12.3. The Bertz CT molecular complexity index is 680. The van der Waals surface area contributed by atoms with Crippen LogP contribution in [0.15, 0.2) is 18.3 Å². The van der Waals surface area contributed by atoms with Gasteiger partial charge >= 0.3 is 0 Å². The Kier molecular flexibility index (Phi) is 3.27. The number of nitrogens with one attached hydrogen (secondary N) is 1. The van der Waals surface area contributed by atoms with Crippen molar-refractivity contribution in [3.8, 4) is 5.88 Å². The van der Waals surface area contributed by atoms with Gasteiger partial charge in [-0.05, 0) is 6.07 Å². The molecule has 1 unspecified atom stereocenters. The highest BCUT2D eigenvalue weighted by Crippen LogP contribution is 2.39. The maximum Gasteiger partial charge on any atom is 0.230 e. The number of hydrogen-bond donors (Lipinski definition) is 1. The van der Waals surface area contributed by atoms with Crippen molar-refractivity contribution in [2.45, 2.75) is 25.0 Å². The molecule has 0 radical (unpaired) electrons. The normalized spacial score (nSPS) is 23.7. The lowest BCUT2D eigenvalue weighted by Crippen LogP contribution is -2.37. The Balaban J connectivity index is 1.46. The van der Waals surface area contributed by atoms with Crippen molar-refractivity contribution in [3.05, 3.63) is 34.7 Å². The van der Waals surface area contributed by atoms with Crippen LogP contribution in [-0.2, 0) is 13.0 Å². The van der Waals surface area contributed by atoms with Gasteiger partial charge in [-0.3, -0.25) is 4.90 Å². The molecule has 2 aromatic heterocycles. The summed E-state index contributed by atoms with van der Waals surface area (Å²) in [4.78, 5) is 11.1. The molecule has 0 bridgehead atoms. The summed E-state index contributed by atoms with van der Waals surface area (Å²) in [6, 6.07) is 4.02. The fourth-order valence-corrected chi connectivity index (χ4v) is 4.11. The Hall–Kier alpha value is -1.73. The average Bonchev–Trinajstić information content (AvgIpc) is 3.17. The predicted molar refractivity (Wildman–Crippen MR) is 82.8 cm³/mol. The fourth-order valence-electron chi connectivity index (χ4n) is 3.27. The Morgan fingerprint density at radius 2 is 2.45 bits per heavy atom. The molecule has 0 aliphatic carbocycles. The van der Waals surface area contributed by atoms with Crippen LogP contribution in [-0.4, -0.2) is 40.6 Å². The van der Waals surface area contributed by atoms with Gasteiger partial charge in [-0.15, -0.1) is 0 Å². The number of thiazole rings is 1. The quantitative estimate of drug-likeness (QED) is 0.940. The van der Waals surface area contributed by atoms with Gasteiger partial charge in [-0.25, -0.2) is 4.98 Å². The van der Waals surface area contributed by atoms with Gasteiger partial charge in [0.25, 0.3) is 0 Å². The standard InChI is InChI=1S/C15H17FN4OS/c1-17-14-19-12(16)11(22-14)8-20-6-4-15(9-20)7-10-3-2-5-18-13(10)21-15/h2-3,5H,4,6-9H2,1H3,(H,17,19). The van der Waals surface area contributed by atoms with Gasteiger partial charge in [0.05, 0.1) is 4.88 Å². The molecule has 0 saturated carbocycles. The molecule has 2 aliphatic heterocycles. The van der Waals surface area contributed by atoms with Gasteiger partial charge in [0.15, 0.2) is 5.13 Å². The van der Waals surface area contributed by atoms with Gasteiger partial charge in [0.2, 0.25) is 11.8 Å². The van der Waals surface area contributed by atoms with Gasteiger partial charge < -0.3 is 10.1 Å². The van der Waals surface area contributed by atoms with E-state index in [1.165, 1.54) is 16.9 Å². The van der Waals surface area contributed by atoms with Crippen LogP contribution < -0.4 is 10.1 Å². The molecule has 1 spiro atoms. The van der Waals surface area contributed by atoms with E-state index in [4.69, 9.17) is 4.74 Å². The fraction of sp³-hybridized carbons (Fsp3) is 0.467. The third-order valence-corrected chi connectivity index (χ3v) is 5.33. The number of ether oxygens (including phenoxy) is 1. The number of rotatable bonds is 3. The van der Waals surface area contributed by atoms with Crippen LogP contribution in [0.4, 0.5) is 9.52 Å². The topological polar surface area (TPSA) is 50.3 Å². The number of aromatic nitrogens is 2. The van der Waals surface area contributed by atoms with E-state index in [9.17, 15) is 4.39 Å². The number of fused-ring (bicyclic) bond motifs is 1. The molecule has 1 N–H and O–H groups in total. The Morgan fingerprint density at radius 3 is 3.23 bits per heavy atom. The van der Waals surface area contributed by atoms with Crippen LogP contribution in [0.3, 0.4) is 0 Å². The maximum atomic E-state index is 13.8. The molecule has 5 nitrogen and oxygen atoms in total. The molecular weight excluding hydrogens is 303 g/mol. The summed E-state index contributed by atoms with van der Waals surface area (Å²) < 4.78 is 19.9. The summed E-state index contributed by atoms with van der Waals surface area (Å²) in [6.45, 7) is 2.29. The Labute approximate surface area is 132 Å². The van der Waals surface area contributed by atoms with Crippen molar-refractivity contribution in [1.29, 1.82) is 0 Å². The third-order valence-electron chi connectivity index (χ3n) is 4.30. The third kappa shape index (κ3) is 2.34. The lowest BCUT2D eigenvalue weighted by molar-refractivity contribution is 0.0963. The van der Waals surface area contributed by atoms with E-state index >= 15 is 0 Å². The lowest BCUT2D eigenvalue weighted by Gasteiger charge is -2.23. The van der Waals surface area contributed by atoms with E-state index in [1.807, 2.05) is 6.07 Å². The van der Waals surface area contributed by atoms with Crippen LogP contribution in [0.1, 0.15) is 16.9 Å². The molecule has 1 fully saturated rings. The summed E-state index contributed by atoms with van der Waals surface area (Å²) in [7, 11) is 1.75. The number of anilines is 1. The molecular formula is C15H17FN4OS. The zero-order valence-corrected chi connectivity index (χ0v) is 13.1. The average molecular weight is 320 g/mol. The highest BCUT2D eigenvalue weighted by molar-refractivity contribution is 7.15. The summed E-state index contributed by atoms with van der Waals surface area (Å²) in [5.41, 5.74) is 0.981. The second-order valence-corrected chi connectivity index (χ2v) is 6.96. The first-order valence-corrected chi connectivity index (χ1v) is 8.17. The number of hydrogen-bond acceptors (Lipinski definition) is 6. The smallest absolute Gasteiger partial charge is 0.230 e. The molecule has 0 aromatic carbocycles. The van der Waals surface area contributed by atoms with Crippen LogP contribution in [0.5, 0.6) is 5.88 Å². The highest BCUT2D eigenvalue weighted by atomic mass is 32.1. The summed E-state index contributed by atoms with van der Waals surface area (Å²) in [5.74, 6) is 0.387. The van der Waals surface area contributed by atoms with Gasteiger partial charge in [0.1, 0.15) is 5.60 Å². The number of halogens is 1. The Morgan fingerprint density at radius 1 is 1.55 bits per heavy atom. The molecule has 116 valence electrons. The molecule has 1 saturated heterocycles. The predicted octanol–water partition coefficient (Wildman–Crippen LogP) is 2.30. The lowest BCUT2D eigenvalue weighted by atomic mass is 9.97. The molecule has 2 aromatic rings. The number of likely N-dealkylation sites (tertiary alicyclic amines) is 1. The largest absolute Gasteiger partial charge is 0.469 e. The first-order valence-electron chi connectivity index (χ1n) is 7.36. The van der Waals surface area contributed by atoms with Crippen LogP contribution in [0, 0.1) is 5.95 Å². The van der Waals surface area contributed by atoms with Crippen molar-refractivity contribution < 1.29 is 9.13 Å². The van der Waals surface area contributed by atoms with Gasteiger partial charge in [-0.2, -0.15) is 9.37 Å². The van der Waals surface area contributed by atoms with E-state index in [0.717, 1.165) is 31.8 Å². The molecule has 1 atom stereocenters. The monoisotopic (exact) mass is 320 g/mol. The van der Waals surface area contributed by atoms with E-state index < -0.39 is 0 Å². The molecule has 4 heterocycles. The number of nitrogens with zero attached hydrogens (tertiary/aromatic N) is 3. The highest BCUT2D eigenvalue weighted by Gasteiger charge is 2.45. The maximum absolute atomic E-state index is 13.8. The van der Waals surface area contributed by atoms with Gasteiger partial charge in [-0.1, -0.05) is 17.4 Å². The SMILES string of the molecule is CNc1nc(F)c(CN2CCC3(Cc4cccnc4O3)C2)s1. The minimum Gasteiger partial charge on any atom is -0.469 e. The van der Waals surface area contributed by atoms with Crippen LogP contribution >= 0.6 is 11.3 Å². The minimum absolute atomic E-state index is 0.191. The summed E-state index contributed by atoms with van der Waals surface area (Å²) >= 11 is 1.37. The van der Waals surface area contributed by atoms with Crippen molar-refractivity contribution in [1.82, 2.24) is 14.9 Å². The van der Waals surface area contributed by atoms with Crippen LogP contribution in [0.25, 0.3) is 0 Å². The van der Waals surface area contributed by atoms with E-state index in [0.29, 0.717) is 16.6 Å². The van der Waals surface area contributed by atoms with Crippen molar-refractivity contribution in [3.63, 3.8) is 0 Å². The molecule has 7 heteroatoms. The van der Waals surface area contributed by atoms with E-state index in [2.05, 4.69) is 26.3 Å². The number of pyridine rings is 1. The molecule has 22 heavy (non-hydrogen) atoms. The van der Waals surface area contributed by atoms with Gasteiger partial charge in [0, 0.05) is 51.3 Å². The van der Waals surface area contributed by atoms with Crippen molar-refractivity contribution in [2.24, 2.45) is 0 Å². The first-order chi connectivity index (χ1) is 10.7. The first kappa shape index (κ1) is 13.9. The van der Waals surface area contributed by atoms with E-state index in [-0.39, 0.29) is 11.5 Å². The molecule has 2 aliphatic rings. The van der Waals surface area contributed by atoms with Crippen LogP contribution in [0.2, 0.25) is 0 Å². The van der Waals surface area contributed by atoms with Crippen molar-refractivity contribution in [2.75, 3.05) is 25.5 Å². The summed E-state index contributed by atoms with van der Waals surface area (Å²) in [6.07, 6.45) is 3.60. The zero-order chi connectivity index (χ0) is 15.2. The molecule has 4 rings (SSSR count).